The van der Waals surface area contributed by atoms with Crippen LogP contribution in [0.5, 0.6) is 0 Å². The van der Waals surface area contributed by atoms with Crippen LogP contribution >= 0.6 is 0 Å². The lowest BCUT2D eigenvalue weighted by molar-refractivity contribution is -0.119. The summed E-state index contributed by atoms with van der Waals surface area (Å²) in [5.41, 5.74) is 0.997. The van der Waals surface area contributed by atoms with E-state index in [0.29, 0.717) is 23.8 Å². The highest BCUT2D eigenvalue weighted by Crippen LogP contribution is 2.14. The molecule has 18 heavy (non-hydrogen) atoms. The molecule has 0 saturated carbocycles. The molecule has 5 heteroatoms. The second kappa shape index (κ2) is 6.60. The number of likely N-dealkylation sites (N-methyl/N-ethyl adjacent to an activating group) is 1. The number of pyridine rings is 1. The molecule has 0 spiro atoms. The largest absolute Gasteiger partial charge is 0.363 e. The molecule has 0 aromatic carbocycles. The molecular formula is C13H18N4O. The van der Waals surface area contributed by atoms with Crippen molar-refractivity contribution in [1.82, 2.24) is 10.3 Å². The summed E-state index contributed by atoms with van der Waals surface area (Å²) in [6.45, 7) is 4.95. The molecule has 1 heterocycles. The van der Waals surface area contributed by atoms with Gasteiger partial charge in [-0.2, -0.15) is 5.26 Å². The number of hydrogen-bond acceptors (Lipinski definition) is 4. The molecule has 0 aliphatic heterocycles. The lowest BCUT2D eigenvalue weighted by atomic mass is 10.2. The molecular weight excluding hydrogens is 228 g/mol. The van der Waals surface area contributed by atoms with Crippen molar-refractivity contribution in [3.63, 3.8) is 0 Å². The van der Waals surface area contributed by atoms with Gasteiger partial charge in [0.05, 0.1) is 12.2 Å². The number of carbonyl (C=O) groups is 1. The van der Waals surface area contributed by atoms with Crippen LogP contribution in [0.4, 0.5) is 5.69 Å². The van der Waals surface area contributed by atoms with Gasteiger partial charge in [-0.25, -0.2) is 4.98 Å². The summed E-state index contributed by atoms with van der Waals surface area (Å²) in [6, 6.07) is 5.54. The number of anilines is 1. The second-order valence-electron chi connectivity index (χ2n) is 4.54. The van der Waals surface area contributed by atoms with Crippen molar-refractivity contribution < 1.29 is 4.79 Å². The van der Waals surface area contributed by atoms with Crippen molar-refractivity contribution in [1.29, 1.82) is 5.26 Å². The lowest BCUT2D eigenvalue weighted by Crippen LogP contribution is -2.37. The summed E-state index contributed by atoms with van der Waals surface area (Å²) in [5.74, 6) is 0.367. The van der Waals surface area contributed by atoms with Crippen LogP contribution < -0.4 is 10.2 Å². The van der Waals surface area contributed by atoms with Gasteiger partial charge in [0.1, 0.15) is 6.07 Å². The number of nitrogens with one attached hydrogen (secondary N) is 1. The Balaban J connectivity index is 2.62. The maximum atomic E-state index is 11.7. The van der Waals surface area contributed by atoms with Crippen molar-refractivity contribution in [3.05, 3.63) is 24.0 Å². The molecule has 1 rings (SSSR count). The number of amides is 1. The van der Waals surface area contributed by atoms with Crippen LogP contribution in [0, 0.1) is 17.2 Å². The van der Waals surface area contributed by atoms with Gasteiger partial charge in [-0.15, -0.1) is 0 Å². The van der Waals surface area contributed by atoms with Crippen LogP contribution in [0.2, 0.25) is 0 Å². The zero-order valence-electron chi connectivity index (χ0n) is 11.0. The van der Waals surface area contributed by atoms with Crippen LogP contribution in [-0.2, 0) is 4.79 Å². The zero-order chi connectivity index (χ0) is 13.5. The molecule has 0 fully saturated rings. The number of nitriles is 1. The standard InChI is InChI=1S/C13H18N4O/c1-10(2)8-16-13(18)9-17(3)12-5-4-6-15-11(12)7-14/h4-6,10H,8-9H2,1-3H3,(H,16,18). The zero-order valence-corrected chi connectivity index (χ0v) is 11.0. The Labute approximate surface area is 107 Å². The van der Waals surface area contributed by atoms with Crippen molar-refractivity contribution >= 4 is 11.6 Å². The Morgan fingerprint density at radius 2 is 2.33 bits per heavy atom. The Hall–Kier alpha value is -2.09. The maximum Gasteiger partial charge on any atom is 0.239 e. The number of carbonyl (C=O) groups excluding carboxylic acids is 1. The predicted octanol–water partition coefficient (Wildman–Crippen LogP) is 1.16. The van der Waals surface area contributed by atoms with Gasteiger partial charge in [0.15, 0.2) is 5.69 Å². The number of aromatic nitrogens is 1. The van der Waals surface area contributed by atoms with E-state index in [-0.39, 0.29) is 12.5 Å². The van der Waals surface area contributed by atoms with Crippen LogP contribution in [0.1, 0.15) is 19.5 Å². The van der Waals surface area contributed by atoms with E-state index < -0.39 is 0 Å². The van der Waals surface area contributed by atoms with E-state index in [1.165, 1.54) is 0 Å². The third-order valence-corrected chi connectivity index (χ3v) is 2.39. The Bertz CT molecular complexity index is 451. The number of hydrogen-bond donors (Lipinski definition) is 1. The first-order valence-corrected chi connectivity index (χ1v) is 5.87. The van der Waals surface area contributed by atoms with Gasteiger partial charge in [-0.3, -0.25) is 4.79 Å². The topological polar surface area (TPSA) is 69.0 Å². The first kappa shape index (κ1) is 14.0. The fraction of sp³-hybridized carbons (Fsp3) is 0.462. The molecule has 1 aromatic rings. The van der Waals surface area contributed by atoms with Gasteiger partial charge in [0, 0.05) is 19.8 Å². The van der Waals surface area contributed by atoms with Crippen molar-refractivity contribution in [2.75, 3.05) is 25.0 Å². The van der Waals surface area contributed by atoms with Gasteiger partial charge in [0.25, 0.3) is 0 Å². The van der Waals surface area contributed by atoms with Crippen molar-refractivity contribution in [2.24, 2.45) is 5.92 Å². The Morgan fingerprint density at radius 1 is 1.61 bits per heavy atom. The van der Waals surface area contributed by atoms with Crippen LogP contribution in [0.15, 0.2) is 18.3 Å². The molecule has 0 atom stereocenters. The smallest absolute Gasteiger partial charge is 0.239 e. The van der Waals surface area contributed by atoms with E-state index in [2.05, 4.69) is 10.3 Å². The van der Waals surface area contributed by atoms with Gasteiger partial charge in [0.2, 0.25) is 5.91 Å². The fourth-order valence-corrected chi connectivity index (χ4v) is 1.47. The SMILES string of the molecule is CC(C)CNC(=O)CN(C)c1cccnc1C#N. The first-order chi connectivity index (χ1) is 8.54. The summed E-state index contributed by atoms with van der Waals surface area (Å²) in [4.78, 5) is 17.4. The summed E-state index contributed by atoms with van der Waals surface area (Å²) in [6.07, 6.45) is 1.56. The summed E-state index contributed by atoms with van der Waals surface area (Å²) in [5, 5.41) is 11.8. The molecule has 0 aliphatic rings. The van der Waals surface area contributed by atoms with Crippen molar-refractivity contribution in [3.8, 4) is 6.07 Å². The molecule has 5 nitrogen and oxygen atoms in total. The highest BCUT2D eigenvalue weighted by molar-refractivity contribution is 5.81. The van der Waals surface area contributed by atoms with E-state index in [9.17, 15) is 4.79 Å². The van der Waals surface area contributed by atoms with Gasteiger partial charge < -0.3 is 10.2 Å². The monoisotopic (exact) mass is 246 g/mol. The highest BCUT2D eigenvalue weighted by atomic mass is 16.2. The fourth-order valence-electron chi connectivity index (χ4n) is 1.47. The second-order valence-corrected chi connectivity index (χ2v) is 4.54. The van der Waals surface area contributed by atoms with E-state index in [4.69, 9.17) is 5.26 Å². The molecule has 0 radical (unpaired) electrons. The normalized spacial score (nSPS) is 9.94. The average molecular weight is 246 g/mol. The molecule has 96 valence electrons. The number of rotatable bonds is 5. The first-order valence-electron chi connectivity index (χ1n) is 5.87. The molecule has 0 aliphatic carbocycles. The van der Waals surface area contributed by atoms with E-state index in [1.807, 2.05) is 19.9 Å². The predicted molar refractivity (Wildman–Crippen MR) is 70.1 cm³/mol. The minimum atomic E-state index is -0.0565. The number of nitrogens with zero attached hydrogens (tertiary/aromatic N) is 3. The molecule has 0 bridgehead atoms. The molecule has 1 N–H and O–H groups in total. The third-order valence-electron chi connectivity index (χ3n) is 2.39. The minimum absolute atomic E-state index is 0.0565. The summed E-state index contributed by atoms with van der Waals surface area (Å²) < 4.78 is 0. The molecule has 0 unspecified atom stereocenters. The molecule has 1 aromatic heterocycles. The van der Waals surface area contributed by atoms with Gasteiger partial charge in [-0.1, -0.05) is 13.8 Å². The Kier molecular flexibility index (Phi) is 5.12. The van der Waals surface area contributed by atoms with Crippen molar-refractivity contribution in [2.45, 2.75) is 13.8 Å². The highest BCUT2D eigenvalue weighted by Gasteiger charge is 2.11. The van der Waals surface area contributed by atoms with E-state index in [0.717, 1.165) is 0 Å². The van der Waals surface area contributed by atoms with Crippen LogP contribution in [-0.4, -0.2) is 31.0 Å². The van der Waals surface area contributed by atoms with E-state index >= 15 is 0 Å². The average Bonchev–Trinajstić information content (AvgIpc) is 2.36. The quantitative estimate of drug-likeness (QED) is 0.846. The molecule has 1 amide bonds. The maximum absolute atomic E-state index is 11.7. The van der Waals surface area contributed by atoms with Gasteiger partial charge >= 0.3 is 0 Å². The Morgan fingerprint density at radius 3 is 2.94 bits per heavy atom. The van der Waals surface area contributed by atoms with Crippen LogP contribution in [0.3, 0.4) is 0 Å². The summed E-state index contributed by atoms with van der Waals surface area (Å²) >= 11 is 0. The third kappa shape index (κ3) is 4.06. The minimum Gasteiger partial charge on any atom is -0.363 e. The van der Waals surface area contributed by atoms with E-state index in [1.54, 1.807) is 30.3 Å². The summed E-state index contributed by atoms with van der Waals surface area (Å²) in [7, 11) is 1.77. The van der Waals surface area contributed by atoms with Gasteiger partial charge in [-0.05, 0) is 18.1 Å². The van der Waals surface area contributed by atoms with Crippen LogP contribution in [0.25, 0.3) is 0 Å². The molecule has 0 saturated heterocycles. The lowest BCUT2D eigenvalue weighted by Gasteiger charge is -2.19.